The van der Waals surface area contributed by atoms with Crippen LogP contribution >= 0.6 is 0 Å². The van der Waals surface area contributed by atoms with Crippen molar-refractivity contribution in [2.45, 2.75) is 19.3 Å². The van der Waals surface area contributed by atoms with E-state index in [1.165, 1.54) is 30.6 Å². The molecule has 1 aliphatic rings. The Balaban J connectivity index is 1.66. The van der Waals surface area contributed by atoms with Gasteiger partial charge in [-0.25, -0.2) is 10.5 Å². The lowest BCUT2D eigenvalue weighted by Crippen LogP contribution is -2.29. The van der Waals surface area contributed by atoms with Gasteiger partial charge in [0.15, 0.2) is 5.65 Å². The maximum absolute atomic E-state index is 13.2. The molecule has 9 heteroatoms. The van der Waals surface area contributed by atoms with Crippen molar-refractivity contribution in [1.29, 1.82) is 0 Å². The first-order valence-electron chi connectivity index (χ1n) is 11.4. The maximum Gasteiger partial charge on any atom is 0.280 e. The number of benzene rings is 2. The van der Waals surface area contributed by atoms with E-state index in [0.717, 1.165) is 36.3 Å². The van der Waals surface area contributed by atoms with Crippen LogP contribution in [0.2, 0.25) is 0 Å². The van der Waals surface area contributed by atoms with E-state index in [4.69, 9.17) is 4.84 Å². The van der Waals surface area contributed by atoms with Gasteiger partial charge in [-0.15, -0.1) is 0 Å². The average molecular weight is 471 g/mol. The van der Waals surface area contributed by atoms with E-state index >= 15 is 0 Å². The number of amides is 1. The second-order valence-electron chi connectivity index (χ2n) is 8.68. The lowest BCUT2D eigenvalue weighted by Gasteiger charge is -2.16. The SMILES string of the molecule is CONC(=O)c1cn(-c2ccc3c(c2)CCC3)c2nc(Nc3cccc(N(C)C)c3)ncc2c1=O. The number of rotatable bonds is 6. The minimum Gasteiger partial charge on any atom is -0.378 e. The highest BCUT2D eigenvalue weighted by atomic mass is 16.6. The number of carbonyl (C=O) groups excluding carboxylic acids is 1. The molecule has 2 heterocycles. The van der Waals surface area contributed by atoms with Crippen LogP contribution in [0.15, 0.2) is 59.7 Å². The fourth-order valence-electron chi connectivity index (χ4n) is 4.38. The van der Waals surface area contributed by atoms with E-state index in [2.05, 4.69) is 32.9 Å². The number of nitrogens with zero attached hydrogens (tertiary/aromatic N) is 4. The summed E-state index contributed by atoms with van der Waals surface area (Å²) in [7, 11) is 5.26. The Labute approximate surface area is 202 Å². The van der Waals surface area contributed by atoms with Crippen LogP contribution in [-0.4, -0.2) is 41.6 Å². The molecule has 1 aliphatic carbocycles. The molecular formula is C26H26N6O3. The van der Waals surface area contributed by atoms with Crippen LogP contribution in [0.3, 0.4) is 0 Å². The lowest BCUT2D eigenvalue weighted by molar-refractivity contribution is 0.0536. The Morgan fingerprint density at radius 1 is 1.11 bits per heavy atom. The molecule has 1 amide bonds. The predicted molar refractivity (Wildman–Crippen MR) is 136 cm³/mol. The molecule has 0 aliphatic heterocycles. The first-order valence-corrected chi connectivity index (χ1v) is 11.4. The number of hydrogen-bond donors (Lipinski definition) is 2. The Bertz CT molecular complexity index is 1490. The minimum absolute atomic E-state index is 0.0529. The van der Waals surface area contributed by atoms with Gasteiger partial charge in [0.2, 0.25) is 11.4 Å². The normalized spacial score (nSPS) is 12.4. The molecule has 2 N–H and O–H groups in total. The van der Waals surface area contributed by atoms with E-state index < -0.39 is 11.3 Å². The van der Waals surface area contributed by atoms with E-state index in [-0.39, 0.29) is 10.9 Å². The molecule has 0 saturated heterocycles. The number of pyridine rings is 1. The molecule has 0 saturated carbocycles. The summed E-state index contributed by atoms with van der Waals surface area (Å²) in [6, 6.07) is 14.0. The van der Waals surface area contributed by atoms with Crippen molar-refractivity contribution in [2.24, 2.45) is 0 Å². The first kappa shape index (κ1) is 22.5. The number of carbonyl (C=O) groups is 1. The smallest absolute Gasteiger partial charge is 0.280 e. The topological polar surface area (TPSA) is 101 Å². The maximum atomic E-state index is 13.2. The standard InChI is InChI=1S/C26H26N6O3/c1-31(2)19-9-5-8-18(13-19)28-26-27-14-21-23(33)22(25(34)30-35-3)15-32(24(21)29-26)20-11-10-16-6-4-7-17(16)12-20/h5,8-15H,4,6-7H2,1-3H3,(H,30,34)(H,27,28,29). The van der Waals surface area contributed by atoms with Crippen molar-refractivity contribution in [3.05, 3.63) is 81.8 Å². The molecule has 0 fully saturated rings. The molecular weight excluding hydrogens is 444 g/mol. The van der Waals surface area contributed by atoms with E-state index in [1.807, 2.05) is 49.3 Å². The molecule has 35 heavy (non-hydrogen) atoms. The second kappa shape index (κ2) is 9.19. The average Bonchev–Trinajstić information content (AvgIpc) is 3.32. The van der Waals surface area contributed by atoms with Crippen molar-refractivity contribution >= 4 is 34.3 Å². The van der Waals surface area contributed by atoms with Gasteiger partial charge in [-0.2, -0.15) is 4.98 Å². The molecule has 0 bridgehead atoms. The van der Waals surface area contributed by atoms with Crippen molar-refractivity contribution in [1.82, 2.24) is 20.0 Å². The fourth-order valence-corrected chi connectivity index (χ4v) is 4.38. The van der Waals surface area contributed by atoms with Gasteiger partial charge in [0.1, 0.15) is 5.56 Å². The summed E-state index contributed by atoms with van der Waals surface area (Å²) in [5.74, 6) is -0.283. The van der Waals surface area contributed by atoms with Gasteiger partial charge < -0.3 is 14.8 Å². The highest BCUT2D eigenvalue weighted by molar-refractivity contribution is 5.96. The monoisotopic (exact) mass is 470 g/mol. The lowest BCUT2D eigenvalue weighted by atomic mass is 10.1. The molecule has 178 valence electrons. The van der Waals surface area contributed by atoms with Crippen LogP contribution in [0.4, 0.5) is 17.3 Å². The summed E-state index contributed by atoms with van der Waals surface area (Å²) in [5, 5.41) is 3.46. The number of hydrogen-bond acceptors (Lipinski definition) is 7. The van der Waals surface area contributed by atoms with Gasteiger partial charge in [0.25, 0.3) is 5.91 Å². The molecule has 0 atom stereocenters. The zero-order chi connectivity index (χ0) is 24.5. The van der Waals surface area contributed by atoms with Crippen LogP contribution in [0, 0.1) is 0 Å². The van der Waals surface area contributed by atoms with E-state index in [9.17, 15) is 9.59 Å². The Hall–Kier alpha value is -4.24. The van der Waals surface area contributed by atoms with Crippen molar-refractivity contribution in [3.63, 3.8) is 0 Å². The highest BCUT2D eigenvalue weighted by Gasteiger charge is 2.19. The van der Waals surface area contributed by atoms with Crippen molar-refractivity contribution in [3.8, 4) is 5.69 Å². The van der Waals surface area contributed by atoms with Gasteiger partial charge in [-0.3, -0.25) is 14.4 Å². The van der Waals surface area contributed by atoms with E-state index in [0.29, 0.717) is 11.6 Å². The van der Waals surface area contributed by atoms with Gasteiger partial charge in [0.05, 0.1) is 12.5 Å². The quantitative estimate of drug-likeness (QED) is 0.417. The number of aromatic nitrogens is 3. The van der Waals surface area contributed by atoms with Gasteiger partial charge in [0, 0.05) is 43.6 Å². The van der Waals surface area contributed by atoms with Crippen LogP contribution in [0.1, 0.15) is 27.9 Å². The summed E-state index contributed by atoms with van der Waals surface area (Å²) in [6.45, 7) is 0. The largest absolute Gasteiger partial charge is 0.378 e. The van der Waals surface area contributed by atoms with Crippen molar-refractivity contribution < 1.29 is 9.63 Å². The molecule has 2 aromatic heterocycles. The Kier molecular flexibility index (Phi) is 5.92. The van der Waals surface area contributed by atoms with Crippen LogP contribution < -0.4 is 21.1 Å². The van der Waals surface area contributed by atoms with Crippen molar-refractivity contribution in [2.75, 3.05) is 31.4 Å². The molecule has 2 aromatic carbocycles. The number of aryl methyl sites for hydroxylation is 2. The zero-order valence-corrected chi connectivity index (χ0v) is 19.8. The van der Waals surface area contributed by atoms with Crippen LogP contribution in [-0.2, 0) is 17.7 Å². The summed E-state index contributed by atoms with van der Waals surface area (Å²) >= 11 is 0. The number of fused-ring (bicyclic) bond motifs is 2. The Morgan fingerprint density at radius 2 is 1.94 bits per heavy atom. The first-order chi connectivity index (χ1) is 16.9. The van der Waals surface area contributed by atoms with Crippen LogP contribution in [0.25, 0.3) is 16.7 Å². The zero-order valence-electron chi connectivity index (χ0n) is 19.8. The Morgan fingerprint density at radius 3 is 2.74 bits per heavy atom. The third kappa shape index (κ3) is 4.33. The summed E-state index contributed by atoms with van der Waals surface area (Å²) < 4.78 is 1.77. The summed E-state index contributed by atoms with van der Waals surface area (Å²) in [6.07, 6.45) is 6.15. The molecule has 0 unspecified atom stereocenters. The molecule has 9 nitrogen and oxygen atoms in total. The number of nitrogens with one attached hydrogen (secondary N) is 2. The summed E-state index contributed by atoms with van der Waals surface area (Å²) in [5.41, 5.74) is 7.39. The third-order valence-corrected chi connectivity index (χ3v) is 6.16. The number of hydroxylamine groups is 1. The molecule has 0 spiro atoms. The minimum atomic E-state index is -0.628. The highest BCUT2D eigenvalue weighted by Crippen LogP contribution is 2.26. The molecule has 4 aromatic rings. The van der Waals surface area contributed by atoms with E-state index in [1.54, 1.807) is 4.57 Å². The summed E-state index contributed by atoms with van der Waals surface area (Å²) in [4.78, 5) is 41.5. The van der Waals surface area contributed by atoms with Gasteiger partial charge in [-0.05, 0) is 60.7 Å². The van der Waals surface area contributed by atoms with Crippen LogP contribution in [0.5, 0.6) is 0 Å². The fraction of sp³-hybridized carbons (Fsp3) is 0.231. The third-order valence-electron chi connectivity index (χ3n) is 6.16. The van der Waals surface area contributed by atoms with Gasteiger partial charge in [-0.1, -0.05) is 12.1 Å². The predicted octanol–water partition coefficient (Wildman–Crippen LogP) is 3.37. The van der Waals surface area contributed by atoms with Gasteiger partial charge >= 0.3 is 0 Å². The second-order valence-corrected chi connectivity index (χ2v) is 8.68. The molecule has 5 rings (SSSR count). The number of anilines is 3. The molecule has 0 radical (unpaired) electrons.